The molecule has 9 heteroatoms. The second-order valence-electron chi connectivity index (χ2n) is 6.10. The smallest absolute Gasteiger partial charge is 0.248 e. The van der Waals surface area contributed by atoms with E-state index in [9.17, 15) is 9.59 Å². The molecule has 0 aliphatic carbocycles. The summed E-state index contributed by atoms with van der Waals surface area (Å²) in [5.74, 6) is 0.466. The highest BCUT2D eigenvalue weighted by atomic mass is 32.2. The topological polar surface area (TPSA) is 116 Å². The Morgan fingerprint density at radius 1 is 1.11 bits per heavy atom. The van der Waals surface area contributed by atoms with E-state index in [4.69, 9.17) is 5.73 Å². The number of aromatic nitrogens is 4. The van der Waals surface area contributed by atoms with Gasteiger partial charge in [0.2, 0.25) is 17.6 Å². The zero-order valence-electron chi connectivity index (χ0n) is 15.3. The van der Waals surface area contributed by atoms with Gasteiger partial charge in [-0.3, -0.25) is 9.59 Å². The number of nitrogens with zero attached hydrogens (tertiary/aromatic N) is 4. The molecule has 28 heavy (non-hydrogen) atoms. The third-order valence-corrected chi connectivity index (χ3v) is 4.89. The van der Waals surface area contributed by atoms with Crippen LogP contribution in [-0.4, -0.2) is 44.3 Å². The number of primary amides is 1. The van der Waals surface area contributed by atoms with Crippen LogP contribution in [0, 0.1) is 6.92 Å². The van der Waals surface area contributed by atoms with Crippen LogP contribution in [0.2, 0.25) is 0 Å². The Balaban J connectivity index is 1.45. The molecule has 2 amide bonds. The number of carbonyl (C=O) groups excluding carboxylic acids is 2. The normalized spacial score (nSPS) is 10.6. The number of thioether (sulfide) groups is 1. The van der Waals surface area contributed by atoms with Gasteiger partial charge < -0.3 is 11.1 Å². The number of carbonyl (C=O) groups is 2. The van der Waals surface area contributed by atoms with Crippen LogP contribution in [-0.2, 0) is 11.3 Å². The summed E-state index contributed by atoms with van der Waals surface area (Å²) in [4.78, 5) is 25.5. The van der Waals surface area contributed by atoms with E-state index in [2.05, 4.69) is 45.0 Å². The molecule has 0 unspecified atom stereocenters. The van der Waals surface area contributed by atoms with Crippen molar-refractivity contribution in [2.24, 2.45) is 5.73 Å². The third kappa shape index (κ3) is 5.40. The van der Waals surface area contributed by atoms with Gasteiger partial charge >= 0.3 is 0 Å². The summed E-state index contributed by atoms with van der Waals surface area (Å²) in [6.07, 6.45) is 0. The highest BCUT2D eigenvalue weighted by Gasteiger charge is 2.10. The van der Waals surface area contributed by atoms with E-state index in [1.807, 2.05) is 6.92 Å². The molecule has 0 fully saturated rings. The maximum Gasteiger partial charge on any atom is 0.248 e. The first kappa shape index (κ1) is 19.6. The highest BCUT2D eigenvalue weighted by Crippen LogP contribution is 2.17. The molecule has 144 valence electrons. The number of nitrogens with one attached hydrogen (secondary N) is 1. The van der Waals surface area contributed by atoms with E-state index in [1.165, 1.54) is 15.3 Å². The average molecular weight is 396 g/mol. The monoisotopic (exact) mass is 396 g/mol. The van der Waals surface area contributed by atoms with Crippen molar-refractivity contribution < 1.29 is 9.59 Å². The number of amides is 2. The Morgan fingerprint density at radius 3 is 2.50 bits per heavy atom. The van der Waals surface area contributed by atoms with E-state index in [0.717, 1.165) is 5.75 Å². The fourth-order valence-electron chi connectivity index (χ4n) is 2.39. The van der Waals surface area contributed by atoms with Gasteiger partial charge in [0.25, 0.3) is 0 Å². The van der Waals surface area contributed by atoms with Gasteiger partial charge in [0, 0.05) is 28.3 Å². The van der Waals surface area contributed by atoms with Crippen LogP contribution in [0.3, 0.4) is 0 Å². The molecule has 3 N–H and O–H groups in total. The molecular formula is C19H20N6O2S. The van der Waals surface area contributed by atoms with Crippen LogP contribution < -0.4 is 11.1 Å². The molecule has 0 aliphatic heterocycles. The fraction of sp³-hybridized carbons (Fsp3) is 0.211. The van der Waals surface area contributed by atoms with Crippen molar-refractivity contribution in [3.05, 3.63) is 59.7 Å². The Bertz CT molecular complexity index is 953. The molecule has 3 rings (SSSR count). The maximum absolute atomic E-state index is 12.0. The van der Waals surface area contributed by atoms with Crippen LogP contribution in [0.25, 0.3) is 11.4 Å². The second kappa shape index (κ2) is 9.14. The Hall–Kier alpha value is -3.20. The Labute approximate surface area is 166 Å². The lowest BCUT2D eigenvalue weighted by Crippen LogP contribution is -2.30. The number of benzene rings is 2. The van der Waals surface area contributed by atoms with Crippen LogP contribution in [0.1, 0.15) is 15.9 Å². The fourth-order valence-corrected chi connectivity index (χ4v) is 3.16. The number of nitrogens with two attached hydrogens (primary N) is 1. The molecular weight excluding hydrogens is 376 g/mol. The van der Waals surface area contributed by atoms with Crippen molar-refractivity contribution in [2.45, 2.75) is 18.4 Å². The summed E-state index contributed by atoms with van der Waals surface area (Å²) < 4.78 is 0. The predicted octanol–water partition coefficient (Wildman–Crippen LogP) is 1.66. The van der Waals surface area contributed by atoms with E-state index in [1.54, 1.807) is 36.0 Å². The number of rotatable bonds is 8. The zero-order valence-corrected chi connectivity index (χ0v) is 16.1. The zero-order chi connectivity index (χ0) is 19.9. The highest BCUT2D eigenvalue weighted by molar-refractivity contribution is 7.99. The summed E-state index contributed by atoms with van der Waals surface area (Å²) in [5.41, 5.74) is 7.53. The molecule has 0 saturated carbocycles. The van der Waals surface area contributed by atoms with Gasteiger partial charge in [-0.25, -0.2) is 0 Å². The molecule has 0 radical (unpaired) electrons. The summed E-state index contributed by atoms with van der Waals surface area (Å²) in [6.45, 7) is 2.59. The minimum absolute atomic E-state index is 0.0123. The van der Waals surface area contributed by atoms with E-state index >= 15 is 0 Å². The summed E-state index contributed by atoms with van der Waals surface area (Å²) in [6, 6.07) is 14.8. The SMILES string of the molecule is Cc1ccc(SCCNC(=O)Cn2nnc(-c3ccc(C(N)=O)cc3)n2)cc1. The average Bonchev–Trinajstić information content (AvgIpc) is 3.15. The quantitative estimate of drug-likeness (QED) is 0.442. The van der Waals surface area contributed by atoms with Gasteiger partial charge in [-0.1, -0.05) is 29.8 Å². The van der Waals surface area contributed by atoms with Crippen molar-refractivity contribution in [1.29, 1.82) is 0 Å². The predicted molar refractivity (Wildman–Crippen MR) is 107 cm³/mol. The molecule has 1 heterocycles. The van der Waals surface area contributed by atoms with Gasteiger partial charge in [0.05, 0.1) is 0 Å². The van der Waals surface area contributed by atoms with Crippen molar-refractivity contribution in [3.8, 4) is 11.4 Å². The molecule has 0 atom stereocenters. The van der Waals surface area contributed by atoms with E-state index in [0.29, 0.717) is 23.5 Å². The molecule has 0 spiro atoms. The van der Waals surface area contributed by atoms with Crippen LogP contribution in [0.5, 0.6) is 0 Å². The molecule has 1 aromatic heterocycles. The van der Waals surface area contributed by atoms with Gasteiger partial charge in [0.15, 0.2) is 0 Å². The van der Waals surface area contributed by atoms with E-state index in [-0.39, 0.29) is 12.5 Å². The minimum atomic E-state index is -0.500. The van der Waals surface area contributed by atoms with Gasteiger partial charge in [-0.05, 0) is 36.4 Å². The third-order valence-electron chi connectivity index (χ3n) is 3.88. The number of hydrogen-bond acceptors (Lipinski definition) is 6. The lowest BCUT2D eigenvalue weighted by molar-refractivity contribution is -0.121. The molecule has 8 nitrogen and oxygen atoms in total. The van der Waals surface area contributed by atoms with Crippen molar-refractivity contribution in [1.82, 2.24) is 25.5 Å². The Morgan fingerprint density at radius 2 is 1.82 bits per heavy atom. The van der Waals surface area contributed by atoms with Crippen molar-refractivity contribution >= 4 is 23.6 Å². The van der Waals surface area contributed by atoms with Gasteiger partial charge in [0.1, 0.15) is 6.54 Å². The largest absolute Gasteiger partial charge is 0.366 e. The number of hydrogen-bond donors (Lipinski definition) is 2. The molecule has 0 bridgehead atoms. The summed E-state index contributed by atoms with van der Waals surface area (Å²) in [5, 5.41) is 14.9. The standard InChI is InChI=1S/C19H20N6O2S/c1-13-2-8-16(9-3-13)28-11-10-21-17(26)12-25-23-19(22-24-25)15-6-4-14(5-7-15)18(20)27/h2-9H,10-12H2,1H3,(H2,20,27)(H,21,26). The first-order valence-corrected chi connectivity index (χ1v) is 9.64. The Kier molecular flexibility index (Phi) is 6.38. The van der Waals surface area contributed by atoms with Gasteiger partial charge in [-0.2, -0.15) is 4.80 Å². The van der Waals surface area contributed by atoms with Crippen LogP contribution in [0.15, 0.2) is 53.4 Å². The lowest BCUT2D eigenvalue weighted by Gasteiger charge is -2.05. The number of tetrazole rings is 1. The van der Waals surface area contributed by atoms with Crippen molar-refractivity contribution in [3.63, 3.8) is 0 Å². The van der Waals surface area contributed by atoms with Gasteiger partial charge in [-0.15, -0.1) is 22.0 Å². The molecule has 2 aromatic carbocycles. The summed E-state index contributed by atoms with van der Waals surface area (Å²) in [7, 11) is 0. The number of aryl methyl sites for hydroxylation is 1. The van der Waals surface area contributed by atoms with Crippen LogP contribution in [0.4, 0.5) is 0 Å². The van der Waals surface area contributed by atoms with Crippen LogP contribution >= 0.6 is 11.8 Å². The molecule has 0 saturated heterocycles. The first-order chi connectivity index (χ1) is 13.5. The minimum Gasteiger partial charge on any atom is -0.366 e. The molecule has 0 aliphatic rings. The molecule has 3 aromatic rings. The van der Waals surface area contributed by atoms with E-state index < -0.39 is 5.91 Å². The first-order valence-electron chi connectivity index (χ1n) is 8.65. The maximum atomic E-state index is 12.0. The lowest BCUT2D eigenvalue weighted by atomic mass is 10.1. The second-order valence-corrected chi connectivity index (χ2v) is 7.26. The van der Waals surface area contributed by atoms with Crippen molar-refractivity contribution in [2.75, 3.05) is 12.3 Å². The summed E-state index contributed by atoms with van der Waals surface area (Å²) >= 11 is 1.68.